The molecule has 0 aromatic carbocycles. The summed E-state index contributed by atoms with van der Waals surface area (Å²) in [5.41, 5.74) is 4.80. The summed E-state index contributed by atoms with van der Waals surface area (Å²) in [7, 11) is 0. The molecule has 4 aromatic rings. The number of rotatable bonds is 3. The van der Waals surface area contributed by atoms with Gasteiger partial charge in [-0.1, -0.05) is 0 Å². The van der Waals surface area contributed by atoms with E-state index in [1.165, 1.54) is 0 Å². The number of aromatic amines is 1. The highest BCUT2D eigenvalue weighted by atomic mass is 32.1. The Morgan fingerprint density at radius 3 is 2.86 bits per heavy atom. The van der Waals surface area contributed by atoms with Crippen molar-refractivity contribution in [2.75, 3.05) is 24.7 Å². The zero-order valence-electron chi connectivity index (χ0n) is 16.6. The molecular weight excluding hydrogens is 384 g/mol. The lowest BCUT2D eigenvalue weighted by Crippen LogP contribution is -2.44. The summed E-state index contributed by atoms with van der Waals surface area (Å²) in [5, 5.41) is 9.31. The van der Waals surface area contributed by atoms with Gasteiger partial charge in [0.1, 0.15) is 17.0 Å². The number of pyridine rings is 2. The van der Waals surface area contributed by atoms with Crippen LogP contribution in [0.25, 0.3) is 32.7 Å². The Hall–Kier alpha value is -2.84. The number of morpholine rings is 1. The van der Waals surface area contributed by atoms with E-state index in [1.807, 2.05) is 25.4 Å². The van der Waals surface area contributed by atoms with Gasteiger partial charge in [0.15, 0.2) is 0 Å². The van der Waals surface area contributed by atoms with Gasteiger partial charge in [-0.2, -0.15) is 5.10 Å². The first-order valence-corrected chi connectivity index (χ1v) is 10.5. The van der Waals surface area contributed by atoms with E-state index in [2.05, 4.69) is 40.0 Å². The van der Waals surface area contributed by atoms with Crippen LogP contribution in [0.4, 0.5) is 5.82 Å². The third kappa shape index (κ3) is 3.18. The normalized spacial score (nSPS) is 17.2. The topological polar surface area (TPSA) is 79.8 Å². The Morgan fingerprint density at radius 2 is 2.14 bits per heavy atom. The second-order valence-corrected chi connectivity index (χ2v) is 8.61. The summed E-state index contributed by atoms with van der Waals surface area (Å²) < 4.78 is 5.64. The molecule has 5 heterocycles. The molecule has 1 aliphatic rings. The lowest BCUT2D eigenvalue weighted by molar-refractivity contribution is 0.0986. The van der Waals surface area contributed by atoms with E-state index in [9.17, 15) is 0 Å². The van der Waals surface area contributed by atoms with Gasteiger partial charge < -0.3 is 9.64 Å². The van der Waals surface area contributed by atoms with E-state index in [-0.39, 0.29) is 6.04 Å². The predicted octanol–water partition coefficient (Wildman–Crippen LogP) is 3.99. The van der Waals surface area contributed by atoms with E-state index in [4.69, 9.17) is 14.7 Å². The standard InChI is InChI=1S/C21H22N6OS/c1-12-9-23-20(16-4-5-24-26-16)21-19(12)15(17-10-22-14(3)29-17)8-18(25-21)27-6-7-28-11-13(27)2/h4-5,8-10,13H,6-7,11H2,1-3H3,(H,24,26)/t13-/m1/s1. The molecule has 5 rings (SSSR count). The molecule has 8 heteroatoms. The highest BCUT2D eigenvalue weighted by Crippen LogP contribution is 2.39. The van der Waals surface area contributed by atoms with E-state index >= 15 is 0 Å². The van der Waals surface area contributed by atoms with Crippen LogP contribution in [-0.2, 0) is 4.74 Å². The molecule has 29 heavy (non-hydrogen) atoms. The maximum atomic E-state index is 5.64. The van der Waals surface area contributed by atoms with Crippen LogP contribution in [0.15, 0.2) is 30.7 Å². The van der Waals surface area contributed by atoms with E-state index in [1.54, 1.807) is 17.5 Å². The fraction of sp³-hybridized carbons (Fsp3) is 0.333. The van der Waals surface area contributed by atoms with Crippen molar-refractivity contribution >= 4 is 28.1 Å². The highest BCUT2D eigenvalue weighted by Gasteiger charge is 2.24. The zero-order chi connectivity index (χ0) is 20.0. The van der Waals surface area contributed by atoms with Crippen LogP contribution in [0, 0.1) is 13.8 Å². The number of fused-ring (bicyclic) bond motifs is 1. The number of H-pyrrole nitrogens is 1. The van der Waals surface area contributed by atoms with Crippen molar-refractivity contribution in [1.29, 1.82) is 0 Å². The van der Waals surface area contributed by atoms with Gasteiger partial charge in [-0.05, 0) is 38.5 Å². The molecular formula is C21H22N6OS. The first-order valence-electron chi connectivity index (χ1n) is 9.69. The van der Waals surface area contributed by atoms with Gasteiger partial charge in [-0.3, -0.25) is 10.1 Å². The first-order chi connectivity index (χ1) is 14.1. The highest BCUT2D eigenvalue weighted by molar-refractivity contribution is 7.15. The average Bonchev–Trinajstić information content (AvgIpc) is 3.40. The Bertz CT molecular complexity index is 1170. The maximum Gasteiger partial charge on any atom is 0.130 e. The number of anilines is 1. The number of hydrogen-bond acceptors (Lipinski definition) is 7. The van der Waals surface area contributed by atoms with Crippen LogP contribution < -0.4 is 4.90 Å². The molecule has 1 N–H and O–H groups in total. The minimum atomic E-state index is 0.262. The fourth-order valence-corrected chi connectivity index (χ4v) is 4.67. The van der Waals surface area contributed by atoms with Gasteiger partial charge in [0.05, 0.1) is 34.8 Å². The number of ether oxygens (including phenoxy) is 1. The third-order valence-corrected chi connectivity index (χ3v) is 6.26. The smallest absolute Gasteiger partial charge is 0.130 e. The quantitative estimate of drug-likeness (QED) is 0.554. The Morgan fingerprint density at radius 1 is 1.24 bits per heavy atom. The number of thiazole rings is 1. The van der Waals surface area contributed by atoms with Gasteiger partial charge in [0.2, 0.25) is 0 Å². The zero-order valence-corrected chi connectivity index (χ0v) is 17.5. The van der Waals surface area contributed by atoms with Gasteiger partial charge in [-0.25, -0.2) is 9.97 Å². The number of nitrogens with zero attached hydrogens (tertiary/aromatic N) is 5. The molecule has 1 aliphatic heterocycles. The Kier molecular flexibility index (Phi) is 4.52. The molecule has 1 fully saturated rings. The molecule has 7 nitrogen and oxygen atoms in total. The SMILES string of the molecule is Cc1ncc(-c2cc(N3CCOC[C@H]3C)nc3c(-c4ccn[nH]4)ncc(C)c23)s1. The lowest BCUT2D eigenvalue weighted by Gasteiger charge is -2.34. The van der Waals surface area contributed by atoms with Crippen molar-refractivity contribution in [2.24, 2.45) is 0 Å². The van der Waals surface area contributed by atoms with Crippen molar-refractivity contribution in [3.63, 3.8) is 0 Å². The molecule has 148 valence electrons. The minimum Gasteiger partial charge on any atom is -0.377 e. The van der Waals surface area contributed by atoms with E-state index < -0.39 is 0 Å². The summed E-state index contributed by atoms with van der Waals surface area (Å²) >= 11 is 1.70. The summed E-state index contributed by atoms with van der Waals surface area (Å²) in [5.74, 6) is 0.947. The largest absolute Gasteiger partial charge is 0.377 e. The van der Waals surface area contributed by atoms with Crippen LogP contribution in [0.1, 0.15) is 17.5 Å². The summed E-state index contributed by atoms with van der Waals surface area (Å²) in [6.45, 7) is 8.52. The van der Waals surface area contributed by atoms with Crippen LogP contribution >= 0.6 is 11.3 Å². The number of hydrogen-bond donors (Lipinski definition) is 1. The van der Waals surface area contributed by atoms with Crippen molar-refractivity contribution < 1.29 is 4.74 Å². The van der Waals surface area contributed by atoms with Crippen LogP contribution in [0.5, 0.6) is 0 Å². The summed E-state index contributed by atoms with van der Waals surface area (Å²) in [6, 6.07) is 4.39. The molecule has 1 saturated heterocycles. The molecule has 0 bridgehead atoms. The predicted molar refractivity (Wildman–Crippen MR) is 115 cm³/mol. The monoisotopic (exact) mass is 406 g/mol. The first kappa shape index (κ1) is 18.2. The van der Waals surface area contributed by atoms with Crippen molar-refractivity contribution in [3.8, 4) is 21.8 Å². The van der Waals surface area contributed by atoms with E-state index in [0.717, 1.165) is 55.7 Å². The summed E-state index contributed by atoms with van der Waals surface area (Å²) in [4.78, 5) is 17.8. The van der Waals surface area contributed by atoms with Crippen LogP contribution in [0.3, 0.4) is 0 Å². The number of nitrogens with one attached hydrogen (secondary N) is 1. The van der Waals surface area contributed by atoms with Crippen molar-refractivity contribution in [1.82, 2.24) is 25.1 Å². The van der Waals surface area contributed by atoms with Crippen molar-refractivity contribution in [3.05, 3.63) is 41.3 Å². The summed E-state index contributed by atoms with van der Waals surface area (Å²) in [6.07, 6.45) is 5.61. The van der Waals surface area contributed by atoms with Gasteiger partial charge in [0, 0.05) is 36.1 Å². The average molecular weight is 407 g/mol. The van der Waals surface area contributed by atoms with Gasteiger partial charge in [-0.15, -0.1) is 11.3 Å². The lowest BCUT2D eigenvalue weighted by atomic mass is 10.0. The molecule has 0 saturated carbocycles. The van der Waals surface area contributed by atoms with Crippen molar-refractivity contribution in [2.45, 2.75) is 26.8 Å². The molecule has 0 spiro atoms. The van der Waals surface area contributed by atoms with Gasteiger partial charge >= 0.3 is 0 Å². The molecule has 0 unspecified atom stereocenters. The molecule has 0 radical (unpaired) electrons. The third-order valence-electron chi connectivity index (χ3n) is 5.32. The fourth-order valence-electron chi connectivity index (χ4n) is 3.87. The second kappa shape index (κ2) is 7.20. The molecule has 0 aliphatic carbocycles. The van der Waals surface area contributed by atoms with Crippen LogP contribution in [-0.4, -0.2) is 50.9 Å². The van der Waals surface area contributed by atoms with E-state index in [0.29, 0.717) is 13.2 Å². The molecule has 1 atom stereocenters. The number of aromatic nitrogens is 5. The second-order valence-electron chi connectivity index (χ2n) is 7.37. The minimum absolute atomic E-state index is 0.262. The Labute approximate surface area is 172 Å². The Balaban J connectivity index is 1.82. The van der Waals surface area contributed by atoms with Crippen LogP contribution in [0.2, 0.25) is 0 Å². The van der Waals surface area contributed by atoms with Gasteiger partial charge in [0.25, 0.3) is 0 Å². The maximum absolute atomic E-state index is 5.64. The number of aryl methyl sites for hydroxylation is 2. The molecule has 4 aromatic heterocycles. The molecule has 0 amide bonds.